The zero-order valence-corrected chi connectivity index (χ0v) is 12.0. The molecule has 0 saturated heterocycles. The molecule has 1 saturated carbocycles. The van der Waals surface area contributed by atoms with Crippen molar-refractivity contribution in [3.05, 3.63) is 14.7 Å². The van der Waals surface area contributed by atoms with Gasteiger partial charge in [0.2, 0.25) is 10.0 Å². The van der Waals surface area contributed by atoms with Crippen molar-refractivity contribution in [1.82, 2.24) is 4.72 Å². The van der Waals surface area contributed by atoms with Crippen LogP contribution >= 0.6 is 34.5 Å². The third-order valence-electron chi connectivity index (χ3n) is 2.56. The molecule has 100 valence electrons. The summed E-state index contributed by atoms with van der Waals surface area (Å²) in [5.74, 6) is -1.33. The first kappa shape index (κ1) is 14.1. The number of aliphatic carboxylic acids is 1. The number of rotatable bonds is 5. The maximum Gasteiger partial charge on any atom is 0.322 e. The topological polar surface area (TPSA) is 83.5 Å². The molecule has 1 aromatic heterocycles. The fourth-order valence-electron chi connectivity index (χ4n) is 1.52. The van der Waals surface area contributed by atoms with Crippen molar-refractivity contribution in [2.75, 3.05) is 0 Å². The van der Waals surface area contributed by atoms with Crippen LogP contribution in [0.15, 0.2) is 11.0 Å². The number of sulfonamides is 1. The van der Waals surface area contributed by atoms with Gasteiger partial charge in [0.1, 0.15) is 15.3 Å². The largest absolute Gasteiger partial charge is 0.480 e. The number of carboxylic acid groups (broad SMARTS) is 1. The SMILES string of the molecule is O=C(O)C(NS(=O)(=O)c1cc(Cl)sc1Cl)C1CC1. The first-order valence-electron chi connectivity index (χ1n) is 5.01. The second-order valence-corrected chi connectivity index (χ2v) is 7.93. The quantitative estimate of drug-likeness (QED) is 0.867. The summed E-state index contributed by atoms with van der Waals surface area (Å²) < 4.78 is 26.4. The summed E-state index contributed by atoms with van der Waals surface area (Å²) in [5.41, 5.74) is 0. The lowest BCUT2D eigenvalue weighted by Gasteiger charge is -2.13. The van der Waals surface area contributed by atoms with Crippen LogP contribution in [0.1, 0.15) is 12.8 Å². The van der Waals surface area contributed by atoms with E-state index in [1.165, 1.54) is 6.07 Å². The summed E-state index contributed by atoms with van der Waals surface area (Å²) >= 11 is 12.3. The van der Waals surface area contributed by atoms with Crippen molar-refractivity contribution in [2.45, 2.75) is 23.8 Å². The number of nitrogens with one attached hydrogen (secondary N) is 1. The van der Waals surface area contributed by atoms with Crippen LogP contribution < -0.4 is 4.72 Å². The number of carbonyl (C=O) groups is 1. The molecule has 18 heavy (non-hydrogen) atoms. The van der Waals surface area contributed by atoms with Crippen LogP contribution in [-0.4, -0.2) is 25.5 Å². The first-order valence-corrected chi connectivity index (χ1v) is 8.07. The van der Waals surface area contributed by atoms with E-state index >= 15 is 0 Å². The minimum Gasteiger partial charge on any atom is -0.480 e. The van der Waals surface area contributed by atoms with Crippen LogP contribution in [0.4, 0.5) is 0 Å². The molecule has 2 rings (SSSR count). The van der Waals surface area contributed by atoms with Crippen molar-refractivity contribution in [3.63, 3.8) is 0 Å². The van der Waals surface area contributed by atoms with Crippen molar-refractivity contribution >= 4 is 50.5 Å². The minimum absolute atomic E-state index is 0.0208. The van der Waals surface area contributed by atoms with Crippen molar-refractivity contribution in [3.8, 4) is 0 Å². The highest BCUT2D eigenvalue weighted by Gasteiger charge is 2.39. The van der Waals surface area contributed by atoms with E-state index in [0.29, 0.717) is 12.8 Å². The van der Waals surface area contributed by atoms with Gasteiger partial charge in [-0.05, 0) is 24.8 Å². The Kier molecular flexibility index (Phi) is 3.89. The fourth-order valence-corrected chi connectivity index (χ4v) is 4.92. The Morgan fingerprint density at radius 2 is 2.11 bits per heavy atom. The Morgan fingerprint density at radius 3 is 2.50 bits per heavy atom. The third kappa shape index (κ3) is 2.97. The van der Waals surface area contributed by atoms with Gasteiger partial charge in [0, 0.05) is 0 Å². The van der Waals surface area contributed by atoms with Crippen LogP contribution in [0.25, 0.3) is 0 Å². The predicted octanol–water partition coefficient (Wildman–Crippen LogP) is 2.20. The van der Waals surface area contributed by atoms with Gasteiger partial charge in [0.05, 0.1) is 4.34 Å². The summed E-state index contributed by atoms with van der Waals surface area (Å²) in [6, 6.07) is 0.104. The molecule has 1 aliphatic rings. The maximum atomic E-state index is 12.0. The molecule has 1 heterocycles. The van der Waals surface area contributed by atoms with Crippen LogP contribution in [0.5, 0.6) is 0 Å². The molecule has 1 aromatic rings. The third-order valence-corrected chi connectivity index (χ3v) is 5.75. The van der Waals surface area contributed by atoms with Gasteiger partial charge < -0.3 is 5.11 Å². The lowest BCUT2D eigenvalue weighted by Crippen LogP contribution is -2.42. The molecule has 1 unspecified atom stereocenters. The van der Waals surface area contributed by atoms with Crippen molar-refractivity contribution in [1.29, 1.82) is 0 Å². The number of hydrogen-bond acceptors (Lipinski definition) is 4. The Hall–Kier alpha value is -0.340. The highest BCUT2D eigenvalue weighted by molar-refractivity contribution is 7.89. The molecule has 5 nitrogen and oxygen atoms in total. The van der Waals surface area contributed by atoms with Crippen LogP contribution in [0.3, 0.4) is 0 Å². The molecule has 0 aliphatic heterocycles. The molecule has 9 heteroatoms. The lowest BCUT2D eigenvalue weighted by atomic mass is 10.2. The number of halogens is 2. The second-order valence-electron chi connectivity index (χ2n) is 3.96. The monoisotopic (exact) mass is 329 g/mol. The fraction of sp³-hybridized carbons (Fsp3) is 0.444. The summed E-state index contributed by atoms with van der Waals surface area (Å²) in [4.78, 5) is 10.8. The standard InChI is InChI=1S/C9H9Cl2NO4S2/c10-6-3-5(8(11)17-6)18(15,16)12-7(9(13)14)4-1-2-4/h3-4,7,12H,1-2H2,(H,13,14). The minimum atomic E-state index is -3.96. The Morgan fingerprint density at radius 1 is 1.50 bits per heavy atom. The smallest absolute Gasteiger partial charge is 0.322 e. The normalized spacial score (nSPS) is 17.7. The van der Waals surface area contributed by atoms with E-state index in [9.17, 15) is 13.2 Å². The Labute approximate surface area is 118 Å². The number of carboxylic acids is 1. The van der Waals surface area contributed by atoms with E-state index in [1.807, 2.05) is 0 Å². The summed E-state index contributed by atoms with van der Waals surface area (Å²) in [7, 11) is -3.96. The van der Waals surface area contributed by atoms with E-state index in [0.717, 1.165) is 11.3 Å². The molecular formula is C9H9Cl2NO4S2. The van der Waals surface area contributed by atoms with E-state index < -0.39 is 22.0 Å². The maximum absolute atomic E-state index is 12.0. The average Bonchev–Trinajstić information content (AvgIpc) is 3.00. The Balaban J connectivity index is 2.26. The van der Waals surface area contributed by atoms with Gasteiger partial charge in [-0.1, -0.05) is 23.2 Å². The second kappa shape index (κ2) is 4.97. The van der Waals surface area contributed by atoms with Gasteiger partial charge in [0.25, 0.3) is 0 Å². The molecule has 2 N–H and O–H groups in total. The molecule has 0 amide bonds. The molecule has 0 spiro atoms. The van der Waals surface area contributed by atoms with Gasteiger partial charge in [-0.25, -0.2) is 8.42 Å². The first-order chi connectivity index (χ1) is 8.31. The Bertz CT molecular complexity index is 579. The van der Waals surface area contributed by atoms with E-state index in [1.54, 1.807) is 0 Å². The van der Waals surface area contributed by atoms with Crippen LogP contribution in [0, 0.1) is 5.92 Å². The highest BCUT2D eigenvalue weighted by Crippen LogP contribution is 2.36. The molecule has 0 radical (unpaired) electrons. The van der Waals surface area contributed by atoms with Gasteiger partial charge >= 0.3 is 5.97 Å². The number of hydrogen-bond donors (Lipinski definition) is 2. The molecule has 0 bridgehead atoms. The van der Waals surface area contributed by atoms with Crippen LogP contribution in [-0.2, 0) is 14.8 Å². The molecule has 0 aromatic carbocycles. The lowest BCUT2D eigenvalue weighted by molar-refractivity contribution is -0.139. The molecular weight excluding hydrogens is 321 g/mol. The predicted molar refractivity (Wildman–Crippen MR) is 68.8 cm³/mol. The van der Waals surface area contributed by atoms with E-state index in [4.69, 9.17) is 28.3 Å². The highest BCUT2D eigenvalue weighted by atomic mass is 35.5. The van der Waals surface area contributed by atoms with Crippen LogP contribution in [0.2, 0.25) is 8.67 Å². The van der Waals surface area contributed by atoms with Crippen molar-refractivity contribution in [2.24, 2.45) is 5.92 Å². The molecule has 1 atom stereocenters. The van der Waals surface area contributed by atoms with E-state index in [2.05, 4.69) is 4.72 Å². The summed E-state index contributed by atoms with van der Waals surface area (Å²) in [5, 5.41) is 8.99. The zero-order chi connectivity index (χ0) is 13.5. The average molecular weight is 330 g/mol. The van der Waals surface area contributed by atoms with Gasteiger partial charge in [0.15, 0.2) is 0 Å². The summed E-state index contributed by atoms with van der Waals surface area (Å²) in [6.07, 6.45) is 1.41. The van der Waals surface area contributed by atoms with Crippen molar-refractivity contribution < 1.29 is 18.3 Å². The van der Waals surface area contributed by atoms with E-state index in [-0.39, 0.29) is 19.5 Å². The zero-order valence-electron chi connectivity index (χ0n) is 8.89. The number of thiophene rings is 1. The summed E-state index contributed by atoms with van der Waals surface area (Å²) in [6.45, 7) is 0. The van der Waals surface area contributed by atoms with Gasteiger partial charge in [-0.15, -0.1) is 11.3 Å². The van der Waals surface area contributed by atoms with Gasteiger partial charge in [-0.3, -0.25) is 4.79 Å². The van der Waals surface area contributed by atoms with Gasteiger partial charge in [-0.2, -0.15) is 4.72 Å². The molecule has 1 fully saturated rings. The molecule has 1 aliphatic carbocycles.